The van der Waals surface area contributed by atoms with Crippen molar-refractivity contribution in [1.82, 2.24) is 0 Å². The fraction of sp³-hybridized carbons (Fsp3) is 0.500. The molecule has 1 N–H and O–H groups in total. The van der Waals surface area contributed by atoms with Crippen LogP contribution in [0.1, 0.15) is 41.4 Å². The predicted octanol–water partition coefficient (Wildman–Crippen LogP) is 2.30. The molecule has 6 heteroatoms. The van der Waals surface area contributed by atoms with Crippen LogP contribution in [0.25, 0.3) is 0 Å². The normalized spacial score (nSPS) is 25.4. The van der Waals surface area contributed by atoms with E-state index in [9.17, 15) is 19.5 Å². The van der Waals surface area contributed by atoms with E-state index in [4.69, 9.17) is 0 Å². The highest BCUT2D eigenvalue weighted by Gasteiger charge is 2.47. The lowest BCUT2D eigenvalue weighted by atomic mass is 9.97. The summed E-state index contributed by atoms with van der Waals surface area (Å²) in [5, 5.41) is 9.58. The molecule has 5 nitrogen and oxygen atoms in total. The number of nitrogens with zero attached hydrogens (tertiary/aromatic N) is 1. The number of aromatic carboxylic acids is 1. The first-order valence-corrected chi connectivity index (χ1v) is 7.58. The van der Waals surface area contributed by atoms with Gasteiger partial charge in [0, 0.05) is 16.7 Å². The Balaban J connectivity index is 2.07. The molecule has 1 aromatic rings. The van der Waals surface area contributed by atoms with Gasteiger partial charge in [-0.2, -0.15) is 0 Å². The first-order chi connectivity index (χ1) is 9.52. The molecule has 2 amide bonds. The van der Waals surface area contributed by atoms with Gasteiger partial charge in [0.15, 0.2) is 0 Å². The van der Waals surface area contributed by atoms with Crippen molar-refractivity contribution in [1.29, 1.82) is 0 Å². The van der Waals surface area contributed by atoms with Gasteiger partial charge in [-0.05, 0) is 31.7 Å². The minimum absolute atomic E-state index is 0.0647. The van der Waals surface area contributed by atoms with Gasteiger partial charge in [0.1, 0.15) is 5.00 Å². The number of carboxylic acid groups (broad SMARTS) is 1. The van der Waals surface area contributed by atoms with Crippen molar-refractivity contribution in [3.05, 3.63) is 16.5 Å². The molecule has 0 radical (unpaired) electrons. The van der Waals surface area contributed by atoms with Crippen molar-refractivity contribution in [3.63, 3.8) is 0 Å². The number of carboxylic acids is 1. The van der Waals surface area contributed by atoms with Gasteiger partial charge >= 0.3 is 5.97 Å². The Morgan fingerprint density at radius 2 is 1.95 bits per heavy atom. The van der Waals surface area contributed by atoms with Crippen LogP contribution in [0.3, 0.4) is 0 Å². The first-order valence-electron chi connectivity index (χ1n) is 6.76. The van der Waals surface area contributed by atoms with Gasteiger partial charge in [-0.1, -0.05) is 6.92 Å². The molecule has 1 aliphatic heterocycles. The minimum Gasteiger partial charge on any atom is -0.478 e. The maximum atomic E-state index is 12.4. The fourth-order valence-corrected chi connectivity index (χ4v) is 4.13. The molecule has 1 aromatic heterocycles. The zero-order valence-corrected chi connectivity index (χ0v) is 11.9. The average Bonchev–Trinajstić information content (AvgIpc) is 3.02. The maximum absolute atomic E-state index is 12.4. The zero-order chi connectivity index (χ0) is 14.4. The second kappa shape index (κ2) is 4.70. The summed E-state index contributed by atoms with van der Waals surface area (Å²) >= 11 is 1.24. The molecule has 2 heterocycles. The van der Waals surface area contributed by atoms with Crippen molar-refractivity contribution < 1.29 is 19.5 Å². The summed E-state index contributed by atoms with van der Waals surface area (Å²) in [6.45, 7) is 1.92. The van der Waals surface area contributed by atoms with Crippen LogP contribution < -0.4 is 4.90 Å². The van der Waals surface area contributed by atoms with Crippen LogP contribution in [0.4, 0.5) is 5.00 Å². The van der Waals surface area contributed by atoms with E-state index in [1.807, 2.05) is 6.92 Å². The third kappa shape index (κ3) is 1.86. The van der Waals surface area contributed by atoms with Gasteiger partial charge in [0.25, 0.3) is 0 Å². The van der Waals surface area contributed by atoms with E-state index in [1.54, 1.807) is 6.07 Å². The Morgan fingerprint density at radius 3 is 2.45 bits per heavy atom. The zero-order valence-electron chi connectivity index (χ0n) is 11.1. The number of fused-ring (bicyclic) bond motifs is 2. The highest BCUT2D eigenvalue weighted by atomic mass is 32.1. The Bertz CT molecular complexity index is 584. The van der Waals surface area contributed by atoms with Gasteiger partial charge in [-0.3, -0.25) is 9.59 Å². The summed E-state index contributed by atoms with van der Waals surface area (Å²) in [6, 6.07) is 1.57. The van der Waals surface area contributed by atoms with E-state index in [-0.39, 0.29) is 29.2 Å². The van der Waals surface area contributed by atoms with Crippen LogP contribution in [0.5, 0.6) is 0 Å². The quantitative estimate of drug-likeness (QED) is 0.868. The minimum atomic E-state index is -1.09. The SMILES string of the molecule is CCc1cc(C(=O)O)c(N2C(=O)C3CCC(C3)C2=O)s1. The van der Waals surface area contributed by atoms with Crippen LogP contribution in [-0.4, -0.2) is 22.9 Å². The molecule has 0 aromatic carbocycles. The summed E-state index contributed by atoms with van der Waals surface area (Å²) in [5.74, 6) is -1.78. The van der Waals surface area contributed by atoms with E-state index < -0.39 is 5.97 Å². The summed E-state index contributed by atoms with van der Waals surface area (Å²) in [7, 11) is 0. The maximum Gasteiger partial charge on any atom is 0.338 e. The summed E-state index contributed by atoms with van der Waals surface area (Å²) in [5.41, 5.74) is 0.0647. The van der Waals surface area contributed by atoms with Crippen LogP contribution in [0.15, 0.2) is 6.07 Å². The Labute approximate surface area is 120 Å². The van der Waals surface area contributed by atoms with E-state index >= 15 is 0 Å². The Hall–Kier alpha value is -1.69. The highest BCUT2D eigenvalue weighted by Crippen LogP contribution is 2.43. The van der Waals surface area contributed by atoms with Gasteiger partial charge in [0.05, 0.1) is 5.56 Å². The second-order valence-corrected chi connectivity index (χ2v) is 6.42. The van der Waals surface area contributed by atoms with E-state index in [1.165, 1.54) is 11.3 Å². The number of carbonyl (C=O) groups excluding carboxylic acids is 2. The number of aryl methyl sites for hydroxylation is 1. The number of amides is 2. The van der Waals surface area contributed by atoms with Crippen molar-refractivity contribution in [3.8, 4) is 0 Å². The number of thiophene rings is 1. The van der Waals surface area contributed by atoms with Gasteiger partial charge < -0.3 is 5.11 Å². The van der Waals surface area contributed by atoms with Crippen molar-refractivity contribution in [2.45, 2.75) is 32.6 Å². The van der Waals surface area contributed by atoms with E-state index in [0.717, 1.165) is 22.6 Å². The van der Waals surface area contributed by atoms with Crippen LogP contribution in [-0.2, 0) is 16.0 Å². The van der Waals surface area contributed by atoms with Crippen LogP contribution in [0.2, 0.25) is 0 Å². The number of hydrogen-bond donors (Lipinski definition) is 1. The number of carbonyl (C=O) groups is 3. The average molecular weight is 293 g/mol. The third-order valence-electron chi connectivity index (χ3n) is 4.12. The van der Waals surface area contributed by atoms with E-state index in [0.29, 0.717) is 17.8 Å². The second-order valence-electron chi connectivity index (χ2n) is 5.31. The molecule has 1 aliphatic carbocycles. The topological polar surface area (TPSA) is 74.7 Å². The number of rotatable bonds is 3. The molecule has 2 bridgehead atoms. The van der Waals surface area contributed by atoms with Gasteiger partial charge in [0.2, 0.25) is 11.8 Å². The molecular formula is C14H15NO4S. The van der Waals surface area contributed by atoms with Gasteiger partial charge in [-0.15, -0.1) is 11.3 Å². The lowest BCUT2D eigenvalue weighted by Gasteiger charge is -2.28. The number of hydrogen-bond acceptors (Lipinski definition) is 4. The smallest absolute Gasteiger partial charge is 0.338 e. The highest BCUT2D eigenvalue weighted by molar-refractivity contribution is 7.17. The summed E-state index contributed by atoms with van der Waals surface area (Å²) in [6.07, 6.45) is 2.79. The van der Waals surface area contributed by atoms with Crippen molar-refractivity contribution >= 4 is 34.1 Å². The Morgan fingerprint density at radius 1 is 1.35 bits per heavy atom. The van der Waals surface area contributed by atoms with Crippen molar-refractivity contribution in [2.75, 3.05) is 4.90 Å². The molecule has 1 saturated carbocycles. The molecule has 1 saturated heterocycles. The predicted molar refractivity (Wildman–Crippen MR) is 74.0 cm³/mol. The molecule has 3 rings (SSSR count). The lowest BCUT2D eigenvalue weighted by molar-refractivity contribution is -0.132. The molecule has 2 unspecified atom stereocenters. The standard InChI is InChI=1S/C14H15NO4S/c1-2-9-6-10(14(18)19)13(20-9)15-11(16)7-3-4-8(5-7)12(15)17/h6-8H,2-5H2,1H3,(H,18,19). The molecule has 2 aliphatic rings. The lowest BCUT2D eigenvalue weighted by Crippen LogP contribution is -2.46. The molecule has 20 heavy (non-hydrogen) atoms. The fourth-order valence-electron chi connectivity index (χ4n) is 3.03. The molecule has 106 valence electrons. The molecule has 2 fully saturated rings. The third-order valence-corrected chi connectivity index (χ3v) is 5.38. The first kappa shape index (κ1) is 13.3. The van der Waals surface area contributed by atoms with Crippen LogP contribution in [0, 0.1) is 11.8 Å². The van der Waals surface area contributed by atoms with Crippen molar-refractivity contribution in [2.24, 2.45) is 11.8 Å². The molecular weight excluding hydrogens is 278 g/mol. The molecule has 2 atom stereocenters. The molecule has 0 spiro atoms. The van der Waals surface area contributed by atoms with Gasteiger partial charge in [-0.25, -0.2) is 9.69 Å². The van der Waals surface area contributed by atoms with Crippen LogP contribution >= 0.6 is 11.3 Å². The largest absolute Gasteiger partial charge is 0.478 e. The number of piperidine rings is 1. The number of imide groups is 1. The van der Waals surface area contributed by atoms with E-state index in [2.05, 4.69) is 0 Å². The monoisotopic (exact) mass is 293 g/mol. The number of anilines is 1. The summed E-state index contributed by atoms with van der Waals surface area (Å²) in [4.78, 5) is 38.1. The Kier molecular flexibility index (Phi) is 3.12. The summed E-state index contributed by atoms with van der Waals surface area (Å²) < 4.78 is 0.